The summed E-state index contributed by atoms with van der Waals surface area (Å²) in [6.07, 6.45) is 5.51. The Morgan fingerprint density at radius 2 is 1.83 bits per heavy atom. The molecule has 5 rings (SSSR count). The van der Waals surface area contributed by atoms with Gasteiger partial charge in [-0.15, -0.1) is 0 Å². The van der Waals surface area contributed by atoms with E-state index in [-0.39, 0.29) is 17.5 Å². The molecule has 0 bridgehead atoms. The molecule has 0 unspecified atom stereocenters. The van der Waals surface area contributed by atoms with Crippen molar-refractivity contribution < 1.29 is 14.5 Å². The van der Waals surface area contributed by atoms with Crippen molar-refractivity contribution >= 4 is 46.2 Å². The van der Waals surface area contributed by atoms with E-state index in [1.807, 2.05) is 71.6 Å². The lowest BCUT2D eigenvalue weighted by Crippen LogP contribution is -2.24. The first-order chi connectivity index (χ1) is 17.5. The zero-order valence-corrected chi connectivity index (χ0v) is 19.4. The van der Waals surface area contributed by atoms with Gasteiger partial charge in [0.15, 0.2) is 0 Å². The highest BCUT2D eigenvalue weighted by Gasteiger charge is 2.30. The Morgan fingerprint density at radius 3 is 2.53 bits per heavy atom. The van der Waals surface area contributed by atoms with E-state index in [9.17, 15) is 19.7 Å². The molecule has 180 valence electrons. The molecule has 1 fully saturated rings. The average molecular weight is 481 g/mol. The molecular formula is C28H24N4O4. The third kappa shape index (κ3) is 4.74. The van der Waals surface area contributed by atoms with Crippen molar-refractivity contribution in [3.63, 3.8) is 0 Å². The molecule has 8 nitrogen and oxygen atoms in total. The van der Waals surface area contributed by atoms with Gasteiger partial charge < -0.3 is 15.5 Å². The Morgan fingerprint density at radius 1 is 1.06 bits per heavy atom. The van der Waals surface area contributed by atoms with Crippen LogP contribution in [0.15, 0.2) is 78.9 Å². The van der Waals surface area contributed by atoms with Crippen molar-refractivity contribution in [1.82, 2.24) is 4.90 Å². The highest BCUT2D eigenvalue weighted by Crippen LogP contribution is 2.39. The SMILES string of the molecule is O=C1Nc2ccc([N+](=O)[O-])cc2/C1=C(/Nc1ccc(/C=C/CN2CCCC2=O)cc1)c1ccccc1. The zero-order valence-electron chi connectivity index (χ0n) is 19.4. The van der Waals surface area contributed by atoms with E-state index >= 15 is 0 Å². The van der Waals surface area contributed by atoms with Crippen molar-refractivity contribution in [2.45, 2.75) is 12.8 Å². The van der Waals surface area contributed by atoms with E-state index in [0.29, 0.717) is 35.5 Å². The molecule has 2 heterocycles. The summed E-state index contributed by atoms with van der Waals surface area (Å²) in [6, 6.07) is 21.5. The van der Waals surface area contributed by atoms with Crippen molar-refractivity contribution in [3.8, 4) is 0 Å². The van der Waals surface area contributed by atoms with Crippen molar-refractivity contribution in [3.05, 3.63) is 106 Å². The van der Waals surface area contributed by atoms with E-state index < -0.39 is 4.92 Å². The standard InChI is InChI=1S/C28H24N4O4/c33-25-9-5-17-31(25)16-4-6-19-10-12-21(13-11-19)29-27(20-7-2-1-3-8-20)26-23-18-22(32(35)36)14-15-24(23)30-28(26)34/h1-4,6-8,10-15,18,29H,5,9,16-17H2,(H,30,34)/b6-4+,27-26-. The summed E-state index contributed by atoms with van der Waals surface area (Å²) in [5, 5.41) is 17.5. The fourth-order valence-corrected chi connectivity index (χ4v) is 4.44. The minimum Gasteiger partial charge on any atom is -0.354 e. The number of likely N-dealkylation sites (tertiary alicyclic amines) is 1. The molecule has 2 amide bonds. The van der Waals surface area contributed by atoms with Crippen LogP contribution in [0.2, 0.25) is 0 Å². The first-order valence-electron chi connectivity index (χ1n) is 11.7. The van der Waals surface area contributed by atoms with Crippen molar-refractivity contribution in [2.75, 3.05) is 23.7 Å². The molecule has 2 aliphatic rings. The Labute approximate surface area is 208 Å². The first-order valence-corrected chi connectivity index (χ1v) is 11.7. The van der Waals surface area contributed by atoms with Gasteiger partial charge >= 0.3 is 0 Å². The third-order valence-corrected chi connectivity index (χ3v) is 6.26. The number of non-ortho nitro benzene ring substituents is 1. The largest absolute Gasteiger partial charge is 0.354 e. The maximum absolute atomic E-state index is 13.0. The third-order valence-electron chi connectivity index (χ3n) is 6.26. The first kappa shape index (κ1) is 23.0. The van der Waals surface area contributed by atoms with Gasteiger partial charge in [-0.2, -0.15) is 0 Å². The molecule has 3 aromatic carbocycles. The smallest absolute Gasteiger partial charge is 0.270 e. The highest BCUT2D eigenvalue weighted by atomic mass is 16.6. The van der Waals surface area contributed by atoms with E-state index in [0.717, 1.165) is 29.8 Å². The zero-order chi connectivity index (χ0) is 25.1. The second-order valence-electron chi connectivity index (χ2n) is 8.65. The number of hydrogen-bond donors (Lipinski definition) is 2. The number of rotatable bonds is 7. The maximum atomic E-state index is 13.0. The Bertz CT molecular complexity index is 1390. The summed E-state index contributed by atoms with van der Waals surface area (Å²) in [6.45, 7) is 1.41. The van der Waals surface area contributed by atoms with Crippen LogP contribution < -0.4 is 10.6 Å². The molecule has 0 radical (unpaired) electrons. The number of carbonyl (C=O) groups excluding carboxylic acids is 2. The minimum absolute atomic E-state index is 0.0815. The summed E-state index contributed by atoms with van der Waals surface area (Å²) >= 11 is 0. The Kier molecular flexibility index (Phi) is 6.32. The number of hydrogen-bond acceptors (Lipinski definition) is 5. The van der Waals surface area contributed by atoms with Gasteiger partial charge in [-0.25, -0.2) is 0 Å². The minimum atomic E-state index is -0.470. The van der Waals surface area contributed by atoms with Crippen molar-refractivity contribution in [1.29, 1.82) is 0 Å². The molecule has 0 atom stereocenters. The van der Waals surface area contributed by atoms with Gasteiger partial charge in [-0.1, -0.05) is 54.6 Å². The molecule has 0 aliphatic carbocycles. The van der Waals surface area contributed by atoms with E-state index in [2.05, 4.69) is 10.6 Å². The highest BCUT2D eigenvalue weighted by molar-refractivity contribution is 6.37. The average Bonchev–Trinajstić information content (AvgIpc) is 3.45. The molecule has 8 heteroatoms. The van der Waals surface area contributed by atoms with Crippen LogP contribution in [0.4, 0.5) is 17.1 Å². The quantitative estimate of drug-likeness (QED) is 0.276. The monoisotopic (exact) mass is 480 g/mol. The maximum Gasteiger partial charge on any atom is 0.270 e. The summed E-state index contributed by atoms with van der Waals surface area (Å²) in [7, 11) is 0. The van der Waals surface area contributed by atoms with E-state index in [1.165, 1.54) is 12.1 Å². The molecule has 0 saturated carbocycles. The van der Waals surface area contributed by atoms with E-state index in [4.69, 9.17) is 0 Å². The van der Waals surface area contributed by atoms with Crippen LogP contribution in [0.25, 0.3) is 17.3 Å². The van der Waals surface area contributed by atoms with Crippen LogP contribution in [0, 0.1) is 10.1 Å². The summed E-state index contributed by atoms with van der Waals surface area (Å²) < 4.78 is 0. The second-order valence-corrected chi connectivity index (χ2v) is 8.65. The number of benzene rings is 3. The van der Waals surface area contributed by atoms with Gasteiger partial charge in [0, 0.05) is 48.6 Å². The number of nitro benzene ring substituents is 1. The fourth-order valence-electron chi connectivity index (χ4n) is 4.44. The van der Waals surface area contributed by atoms with Crippen LogP contribution in [0.1, 0.15) is 29.5 Å². The molecule has 0 aromatic heterocycles. The molecule has 1 saturated heterocycles. The van der Waals surface area contributed by atoms with Crippen LogP contribution >= 0.6 is 0 Å². The lowest BCUT2D eigenvalue weighted by molar-refractivity contribution is -0.384. The Hall–Kier alpha value is -4.72. The van der Waals surface area contributed by atoms with E-state index in [1.54, 1.807) is 6.07 Å². The predicted octanol–water partition coefficient (Wildman–Crippen LogP) is 5.16. The molecule has 36 heavy (non-hydrogen) atoms. The number of carbonyl (C=O) groups is 2. The molecule has 3 aromatic rings. The van der Waals surface area contributed by atoms with Gasteiger partial charge in [-0.05, 0) is 35.7 Å². The van der Waals surface area contributed by atoms with Crippen LogP contribution in [-0.2, 0) is 9.59 Å². The molecular weight excluding hydrogens is 456 g/mol. The van der Waals surface area contributed by atoms with Gasteiger partial charge in [-0.3, -0.25) is 19.7 Å². The van der Waals surface area contributed by atoms with Crippen LogP contribution in [0.5, 0.6) is 0 Å². The lowest BCUT2D eigenvalue weighted by Gasteiger charge is -2.15. The van der Waals surface area contributed by atoms with Gasteiger partial charge in [0.05, 0.1) is 16.2 Å². The van der Waals surface area contributed by atoms with Gasteiger partial charge in [0.25, 0.3) is 11.6 Å². The number of nitrogens with zero attached hydrogens (tertiary/aromatic N) is 2. The van der Waals surface area contributed by atoms with Gasteiger partial charge in [0.1, 0.15) is 0 Å². The second kappa shape index (κ2) is 9.87. The summed E-state index contributed by atoms with van der Waals surface area (Å²) in [4.78, 5) is 37.5. The Balaban J connectivity index is 1.45. The normalized spacial score (nSPS) is 16.3. The van der Waals surface area contributed by atoms with Crippen LogP contribution in [-0.4, -0.2) is 34.7 Å². The van der Waals surface area contributed by atoms with Crippen molar-refractivity contribution in [2.24, 2.45) is 0 Å². The van der Waals surface area contributed by atoms with Gasteiger partial charge in [0.2, 0.25) is 5.91 Å². The molecule has 0 spiro atoms. The number of nitro groups is 1. The summed E-state index contributed by atoms with van der Waals surface area (Å²) in [5.74, 6) is -0.128. The topological polar surface area (TPSA) is 105 Å². The number of nitrogens with one attached hydrogen (secondary N) is 2. The molecule has 2 N–H and O–H groups in total. The predicted molar refractivity (Wildman–Crippen MR) is 140 cm³/mol. The number of anilines is 2. The number of amides is 2. The fraction of sp³-hybridized carbons (Fsp3) is 0.143. The lowest BCUT2D eigenvalue weighted by atomic mass is 9.99. The number of fused-ring (bicyclic) bond motifs is 1. The molecule has 2 aliphatic heterocycles. The summed E-state index contributed by atoms with van der Waals surface area (Å²) in [5.41, 5.74) is 4.37. The van der Waals surface area contributed by atoms with Crippen LogP contribution in [0.3, 0.4) is 0 Å².